The van der Waals surface area contributed by atoms with Gasteiger partial charge in [-0.15, -0.1) is 0 Å². The summed E-state index contributed by atoms with van der Waals surface area (Å²) >= 11 is 0. The molecule has 0 aromatic rings. The fraction of sp³-hybridized carbons (Fsp3) is 0.778. The fourth-order valence-corrected chi connectivity index (χ4v) is 1.50. The molecule has 0 N–H and O–H groups in total. The standard InChI is InChI=1S/C9H14N2O/c10-11-8-6-4-2-1-3-5-7-9(8)12/h1-7H2. The number of ketones is 1. The Hall–Kier alpha value is -0.950. The van der Waals surface area contributed by atoms with Crippen molar-refractivity contribution in [3.8, 4) is 0 Å². The molecule has 0 aromatic heterocycles. The third-order valence-corrected chi connectivity index (χ3v) is 2.26. The zero-order chi connectivity index (χ0) is 8.81. The summed E-state index contributed by atoms with van der Waals surface area (Å²) in [5, 5.41) is 0. The first kappa shape index (κ1) is 9.14. The van der Waals surface area contributed by atoms with Crippen molar-refractivity contribution in [1.82, 2.24) is 0 Å². The highest BCUT2D eigenvalue weighted by Gasteiger charge is 2.19. The molecule has 0 aromatic carbocycles. The van der Waals surface area contributed by atoms with Gasteiger partial charge in [0.25, 0.3) is 0 Å². The number of rotatable bonds is 0. The second-order valence-corrected chi connectivity index (χ2v) is 3.24. The lowest BCUT2D eigenvalue weighted by Gasteiger charge is -1.92. The summed E-state index contributed by atoms with van der Waals surface area (Å²) < 4.78 is 0. The van der Waals surface area contributed by atoms with Gasteiger partial charge in [-0.25, -0.2) is 0 Å². The van der Waals surface area contributed by atoms with Gasteiger partial charge in [-0.1, -0.05) is 19.3 Å². The molecule has 1 aliphatic carbocycles. The summed E-state index contributed by atoms with van der Waals surface area (Å²) in [6.45, 7) is 0. The van der Waals surface area contributed by atoms with Crippen LogP contribution in [-0.2, 0) is 4.79 Å². The number of hydrogen-bond donors (Lipinski definition) is 0. The molecule has 0 heterocycles. The Bertz CT molecular complexity index is 217. The Morgan fingerprint density at radius 3 is 2.25 bits per heavy atom. The molecule has 0 saturated heterocycles. The van der Waals surface area contributed by atoms with E-state index >= 15 is 0 Å². The normalized spacial score (nSPS) is 20.7. The van der Waals surface area contributed by atoms with Gasteiger partial charge in [-0.2, -0.15) is 4.79 Å². The number of nitrogens with zero attached hydrogens (tertiary/aromatic N) is 2. The van der Waals surface area contributed by atoms with Crippen LogP contribution in [0, 0.1) is 0 Å². The Labute approximate surface area is 72.4 Å². The first-order valence-electron chi connectivity index (χ1n) is 4.58. The van der Waals surface area contributed by atoms with E-state index in [1.807, 2.05) is 0 Å². The van der Waals surface area contributed by atoms with E-state index in [1.54, 1.807) is 0 Å². The summed E-state index contributed by atoms with van der Waals surface area (Å²) in [6, 6.07) is 0. The van der Waals surface area contributed by atoms with Gasteiger partial charge in [0.1, 0.15) is 0 Å². The van der Waals surface area contributed by atoms with Gasteiger partial charge in [0.05, 0.1) is 6.42 Å². The minimum absolute atomic E-state index is 0.0272. The minimum Gasteiger partial charge on any atom is -0.361 e. The lowest BCUT2D eigenvalue weighted by molar-refractivity contribution is -0.117. The molecule has 0 aliphatic heterocycles. The van der Waals surface area contributed by atoms with E-state index in [4.69, 9.17) is 5.53 Å². The van der Waals surface area contributed by atoms with Crippen LogP contribution in [0.1, 0.15) is 44.9 Å². The molecule has 1 aliphatic rings. The zero-order valence-electron chi connectivity index (χ0n) is 7.25. The van der Waals surface area contributed by atoms with Crippen LogP contribution in [0.3, 0.4) is 0 Å². The van der Waals surface area contributed by atoms with Gasteiger partial charge >= 0.3 is 5.71 Å². The monoisotopic (exact) mass is 166 g/mol. The van der Waals surface area contributed by atoms with E-state index in [0.717, 1.165) is 25.7 Å². The number of hydrogen-bond acceptors (Lipinski definition) is 1. The van der Waals surface area contributed by atoms with Crippen LogP contribution < -0.4 is 0 Å². The molecule has 0 unspecified atom stereocenters. The molecule has 66 valence electrons. The lowest BCUT2D eigenvalue weighted by atomic mass is 10.1. The summed E-state index contributed by atoms with van der Waals surface area (Å²) in [7, 11) is 0. The Kier molecular flexibility index (Phi) is 3.68. The van der Waals surface area contributed by atoms with Gasteiger partial charge < -0.3 is 5.53 Å². The predicted octanol–water partition coefficient (Wildman–Crippen LogP) is 1.97. The van der Waals surface area contributed by atoms with E-state index in [-0.39, 0.29) is 5.78 Å². The number of carbonyl (C=O) groups is 1. The van der Waals surface area contributed by atoms with Crippen LogP contribution >= 0.6 is 0 Å². The van der Waals surface area contributed by atoms with Gasteiger partial charge in [0.2, 0.25) is 5.78 Å². The topological polar surface area (TPSA) is 53.5 Å². The highest BCUT2D eigenvalue weighted by Crippen LogP contribution is 2.12. The van der Waals surface area contributed by atoms with Crippen molar-refractivity contribution in [2.75, 3.05) is 0 Å². The summed E-state index contributed by atoms with van der Waals surface area (Å²) in [5.74, 6) is 0.0272. The number of carbonyl (C=O) groups excluding carboxylic acids is 1. The van der Waals surface area contributed by atoms with Gasteiger partial charge in [0.15, 0.2) is 0 Å². The highest BCUT2D eigenvalue weighted by molar-refractivity contribution is 6.37. The van der Waals surface area contributed by atoms with Crippen LogP contribution in [0.15, 0.2) is 0 Å². The molecule has 1 saturated carbocycles. The van der Waals surface area contributed by atoms with Gasteiger partial charge in [-0.3, -0.25) is 4.79 Å². The Morgan fingerprint density at radius 2 is 1.58 bits per heavy atom. The van der Waals surface area contributed by atoms with Crippen molar-refractivity contribution in [1.29, 1.82) is 0 Å². The van der Waals surface area contributed by atoms with Crippen LogP contribution in [0.4, 0.5) is 0 Å². The van der Waals surface area contributed by atoms with Crippen molar-refractivity contribution in [2.24, 2.45) is 0 Å². The van der Waals surface area contributed by atoms with Gasteiger partial charge in [-0.05, 0) is 12.8 Å². The van der Waals surface area contributed by atoms with Crippen molar-refractivity contribution >= 4 is 11.5 Å². The average Bonchev–Trinajstić information content (AvgIpc) is 2.17. The third kappa shape index (κ3) is 2.59. The predicted molar refractivity (Wildman–Crippen MR) is 46.0 cm³/mol. The Morgan fingerprint density at radius 1 is 1.00 bits per heavy atom. The van der Waals surface area contributed by atoms with Crippen LogP contribution in [0.5, 0.6) is 0 Å². The van der Waals surface area contributed by atoms with E-state index in [1.165, 1.54) is 6.42 Å². The second kappa shape index (κ2) is 4.83. The first-order chi connectivity index (χ1) is 5.84. The summed E-state index contributed by atoms with van der Waals surface area (Å²) in [4.78, 5) is 14.3. The second-order valence-electron chi connectivity index (χ2n) is 3.24. The first-order valence-corrected chi connectivity index (χ1v) is 4.58. The summed E-state index contributed by atoms with van der Waals surface area (Å²) in [5.41, 5.74) is 8.91. The quantitative estimate of drug-likeness (QED) is 0.401. The highest BCUT2D eigenvalue weighted by atomic mass is 16.1. The molecule has 12 heavy (non-hydrogen) atoms. The fourth-order valence-electron chi connectivity index (χ4n) is 1.50. The Balaban J connectivity index is 2.59. The van der Waals surface area contributed by atoms with E-state index in [9.17, 15) is 4.79 Å². The third-order valence-electron chi connectivity index (χ3n) is 2.26. The molecule has 0 bridgehead atoms. The van der Waals surface area contributed by atoms with Crippen molar-refractivity contribution in [3.05, 3.63) is 5.53 Å². The molecule has 0 radical (unpaired) electrons. The van der Waals surface area contributed by atoms with E-state index in [0.29, 0.717) is 18.6 Å². The molecule has 0 amide bonds. The number of Topliss-reactive ketones (excluding diaryl/α,β-unsaturated/α-hetero) is 1. The molecule has 1 rings (SSSR count). The molecule has 0 atom stereocenters. The summed E-state index contributed by atoms with van der Waals surface area (Å²) in [6.07, 6.45) is 6.60. The molecule has 3 heteroatoms. The average molecular weight is 166 g/mol. The molecule has 1 fully saturated rings. The van der Waals surface area contributed by atoms with E-state index < -0.39 is 0 Å². The maximum atomic E-state index is 11.3. The van der Waals surface area contributed by atoms with Crippen molar-refractivity contribution < 1.29 is 9.58 Å². The lowest BCUT2D eigenvalue weighted by Crippen LogP contribution is -2.14. The van der Waals surface area contributed by atoms with Crippen LogP contribution in [-0.4, -0.2) is 16.3 Å². The van der Waals surface area contributed by atoms with Crippen molar-refractivity contribution in [2.45, 2.75) is 44.9 Å². The van der Waals surface area contributed by atoms with Crippen LogP contribution in [0.2, 0.25) is 0 Å². The largest absolute Gasteiger partial charge is 0.361 e. The maximum Gasteiger partial charge on any atom is 0.334 e. The molecular weight excluding hydrogens is 152 g/mol. The molecule has 0 spiro atoms. The van der Waals surface area contributed by atoms with E-state index in [2.05, 4.69) is 4.79 Å². The van der Waals surface area contributed by atoms with Crippen molar-refractivity contribution in [3.63, 3.8) is 0 Å². The SMILES string of the molecule is [N-]=[N+]=C1CCCCCCCC1=O. The molecular formula is C9H14N2O. The smallest absolute Gasteiger partial charge is 0.334 e. The van der Waals surface area contributed by atoms with Gasteiger partial charge in [0, 0.05) is 6.42 Å². The minimum atomic E-state index is 0.0272. The zero-order valence-corrected chi connectivity index (χ0v) is 7.25. The molecule has 3 nitrogen and oxygen atoms in total. The maximum absolute atomic E-state index is 11.3. The van der Waals surface area contributed by atoms with Crippen LogP contribution in [0.25, 0.3) is 5.53 Å².